The summed E-state index contributed by atoms with van der Waals surface area (Å²) in [5.74, 6) is 0.785. The lowest BCUT2D eigenvalue weighted by Crippen LogP contribution is -2.17. The van der Waals surface area contributed by atoms with Crippen LogP contribution in [0.25, 0.3) is 5.82 Å². The summed E-state index contributed by atoms with van der Waals surface area (Å²) < 4.78 is 7.24. The van der Waals surface area contributed by atoms with Crippen molar-refractivity contribution in [1.82, 2.24) is 19.4 Å². The van der Waals surface area contributed by atoms with Crippen LogP contribution < -0.4 is 5.32 Å². The largest absolute Gasteiger partial charge is 0.459 e. The van der Waals surface area contributed by atoms with E-state index in [2.05, 4.69) is 15.3 Å². The number of rotatable bonds is 5. The molecule has 0 bridgehead atoms. The highest BCUT2D eigenvalue weighted by Crippen LogP contribution is 2.17. The van der Waals surface area contributed by atoms with Gasteiger partial charge in [-0.15, -0.1) is 0 Å². The van der Waals surface area contributed by atoms with Crippen LogP contribution in [0, 0.1) is 13.8 Å². The van der Waals surface area contributed by atoms with E-state index in [4.69, 9.17) is 4.42 Å². The van der Waals surface area contributed by atoms with Gasteiger partial charge in [-0.3, -0.25) is 9.36 Å². The average Bonchev–Trinajstić information content (AvgIpc) is 3.15. The number of hydrogen-bond donors (Lipinski definition) is 1. The van der Waals surface area contributed by atoms with Gasteiger partial charge in [0.1, 0.15) is 12.1 Å². The minimum absolute atomic E-state index is 0.286. The zero-order valence-electron chi connectivity index (χ0n) is 14.8. The smallest absolute Gasteiger partial charge is 0.291 e. The van der Waals surface area contributed by atoms with E-state index >= 15 is 0 Å². The molecule has 0 fully saturated rings. The number of furan rings is 1. The molecule has 0 unspecified atom stereocenters. The highest BCUT2D eigenvalue weighted by molar-refractivity contribution is 6.03. The van der Waals surface area contributed by atoms with E-state index in [1.807, 2.05) is 49.5 Å². The maximum atomic E-state index is 12.4. The van der Waals surface area contributed by atoms with E-state index in [0.29, 0.717) is 18.0 Å². The third kappa shape index (κ3) is 3.61. The summed E-state index contributed by atoms with van der Waals surface area (Å²) in [5, 5.41) is 2.82. The number of carbonyl (C=O) groups is 1. The molecule has 3 rings (SSSR count). The van der Waals surface area contributed by atoms with Gasteiger partial charge >= 0.3 is 0 Å². The van der Waals surface area contributed by atoms with E-state index in [1.165, 1.54) is 6.26 Å². The zero-order valence-corrected chi connectivity index (χ0v) is 14.8. The van der Waals surface area contributed by atoms with E-state index in [0.717, 1.165) is 22.8 Å². The molecular weight excluding hydrogens is 318 g/mol. The van der Waals surface area contributed by atoms with Crippen LogP contribution >= 0.6 is 0 Å². The molecule has 0 saturated heterocycles. The van der Waals surface area contributed by atoms with Crippen LogP contribution in [0.4, 0.5) is 5.69 Å². The van der Waals surface area contributed by atoms with Crippen LogP contribution in [-0.4, -0.2) is 39.4 Å². The minimum Gasteiger partial charge on any atom is -0.459 e. The molecule has 0 aliphatic heterocycles. The molecule has 0 spiro atoms. The van der Waals surface area contributed by atoms with Crippen LogP contribution in [0.3, 0.4) is 0 Å². The van der Waals surface area contributed by atoms with E-state index in [1.54, 1.807) is 18.6 Å². The first-order valence-electron chi connectivity index (χ1n) is 7.95. The van der Waals surface area contributed by atoms with Crippen molar-refractivity contribution in [1.29, 1.82) is 0 Å². The van der Waals surface area contributed by atoms with Gasteiger partial charge in [0.25, 0.3) is 5.91 Å². The van der Waals surface area contributed by atoms with Crippen molar-refractivity contribution >= 4 is 11.6 Å². The number of anilines is 1. The SMILES string of the molecule is Cc1ncn(-c2ccc(NC(=O)c3occc3CN(C)C)cn2)c1C. The van der Waals surface area contributed by atoms with Gasteiger partial charge in [0.05, 0.1) is 23.8 Å². The summed E-state index contributed by atoms with van der Waals surface area (Å²) in [6.07, 6.45) is 4.89. The molecule has 3 aromatic rings. The molecule has 0 atom stereocenters. The Labute approximate surface area is 146 Å². The Hall–Kier alpha value is -2.93. The van der Waals surface area contributed by atoms with E-state index in [-0.39, 0.29) is 5.91 Å². The van der Waals surface area contributed by atoms with Crippen molar-refractivity contribution < 1.29 is 9.21 Å². The molecule has 3 aromatic heterocycles. The van der Waals surface area contributed by atoms with Gasteiger partial charge in [-0.1, -0.05) is 0 Å². The van der Waals surface area contributed by atoms with Gasteiger partial charge in [0.15, 0.2) is 5.76 Å². The molecule has 1 amide bonds. The molecule has 1 N–H and O–H groups in total. The van der Waals surface area contributed by atoms with Crippen LogP contribution in [-0.2, 0) is 6.54 Å². The van der Waals surface area contributed by atoms with Crippen molar-refractivity contribution in [3.63, 3.8) is 0 Å². The lowest BCUT2D eigenvalue weighted by Gasteiger charge is -2.10. The normalized spacial score (nSPS) is 11.1. The Kier molecular flexibility index (Phi) is 4.67. The summed E-state index contributed by atoms with van der Waals surface area (Å²) in [4.78, 5) is 23.1. The molecule has 0 aromatic carbocycles. The molecule has 3 heterocycles. The third-order valence-electron chi connectivity index (χ3n) is 3.94. The highest BCUT2D eigenvalue weighted by atomic mass is 16.3. The lowest BCUT2D eigenvalue weighted by molar-refractivity contribution is 0.0994. The second-order valence-corrected chi connectivity index (χ2v) is 6.16. The van der Waals surface area contributed by atoms with Crippen LogP contribution in [0.15, 0.2) is 41.4 Å². The molecule has 0 saturated carbocycles. The van der Waals surface area contributed by atoms with Gasteiger partial charge < -0.3 is 14.6 Å². The first-order chi connectivity index (χ1) is 12.0. The van der Waals surface area contributed by atoms with Gasteiger partial charge in [-0.25, -0.2) is 9.97 Å². The summed E-state index contributed by atoms with van der Waals surface area (Å²) in [6.45, 7) is 4.58. The molecule has 130 valence electrons. The van der Waals surface area contributed by atoms with Crippen LogP contribution in [0.1, 0.15) is 27.5 Å². The number of pyridine rings is 1. The lowest BCUT2D eigenvalue weighted by atomic mass is 10.2. The summed E-state index contributed by atoms with van der Waals surface area (Å²) in [7, 11) is 3.88. The first-order valence-corrected chi connectivity index (χ1v) is 7.95. The third-order valence-corrected chi connectivity index (χ3v) is 3.94. The fourth-order valence-electron chi connectivity index (χ4n) is 2.52. The molecule has 0 aliphatic rings. The second kappa shape index (κ2) is 6.90. The Morgan fingerprint density at radius 1 is 1.24 bits per heavy atom. The Morgan fingerprint density at radius 2 is 2.04 bits per heavy atom. The number of hydrogen-bond acceptors (Lipinski definition) is 5. The van der Waals surface area contributed by atoms with Crippen molar-refractivity contribution in [3.05, 3.63) is 59.7 Å². The van der Waals surface area contributed by atoms with Gasteiger partial charge in [-0.05, 0) is 46.1 Å². The van der Waals surface area contributed by atoms with Gasteiger partial charge in [-0.2, -0.15) is 0 Å². The van der Waals surface area contributed by atoms with E-state index in [9.17, 15) is 4.79 Å². The number of nitrogens with zero attached hydrogens (tertiary/aromatic N) is 4. The van der Waals surface area contributed by atoms with Crippen LogP contribution in [0.2, 0.25) is 0 Å². The van der Waals surface area contributed by atoms with Crippen molar-refractivity contribution in [2.75, 3.05) is 19.4 Å². The monoisotopic (exact) mass is 339 g/mol. The molecule has 0 aliphatic carbocycles. The maximum Gasteiger partial charge on any atom is 0.291 e. The number of aromatic nitrogens is 3. The molecule has 25 heavy (non-hydrogen) atoms. The number of carbonyl (C=O) groups excluding carboxylic acids is 1. The molecule has 7 nitrogen and oxygen atoms in total. The number of nitrogens with one attached hydrogen (secondary N) is 1. The number of amides is 1. The Morgan fingerprint density at radius 3 is 2.64 bits per heavy atom. The highest BCUT2D eigenvalue weighted by Gasteiger charge is 2.16. The first kappa shape index (κ1) is 16.9. The van der Waals surface area contributed by atoms with Crippen LogP contribution in [0.5, 0.6) is 0 Å². The molecule has 0 radical (unpaired) electrons. The van der Waals surface area contributed by atoms with Crippen molar-refractivity contribution in [2.24, 2.45) is 0 Å². The maximum absolute atomic E-state index is 12.4. The minimum atomic E-state index is -0.286. The van der Waals surface area contributed by atoms with Gasteiger partial charge in [0, 0.05) is 17.8 Å². The summed E-state index contributed by atoms with van der Waals surface area (Å²) in [6, 6.07) is 5.45. The quantitative estimate of drug-likeness (QED) is 0.773. The zero-order chi connectivity index (χ0) is 18.0. The predicted molar refractivity (Wildman–Crippen MR) is 94.9 cm³/mol. The van der Waals surface area contributed by atoms with Gasteiger partial charge in [0.2, 0.25) is 0 Å². The number of imidazole rings is 1. The standard InChI is InChI=1S/C18H21N5O2/c1-12-13(2)23(11-20-12)16-6-5-15(9-19-16)21-18(24)17-14(7-8-25-17)10-22(3)4/h5-9,11H,10H2,1-4H3,(H,21,24). The fraction of sp³-hybridized carbons (Fsp3) is 0.278. The molecular formula is C18H21N5O2. The fourth-order valence-corrected chi connectivity index (χ4v) is 2.52. The van der Waals surface area contributed by atoms with E-state index < -0.39 is 0 Å². The average molecular weight is 339 g/mol. The predicted octanol–water partition coefficient (Wildman–Crippen LogP) is 2.79. The summed E-state index contributed by atoms with van der Waals surface area (Å²) >= 11 is 0. The topological polar surface area (TPSA) is 76.2 Å². The Balaban J connectivity index is 1.74. The summed E-state index contributed by atoms with van der Waals surface area (Å²) in [5.41, 5.74) is 3.45. The second-order valence-electron chi connectivity index (χ2n) is 6.16. The van der Waals surface area contributed by atoms with Crippen molar-refractivity contribution in [2.45, 2.75) is 20.4 Å². The Bertz CT molecular complexity index is 877. The molecule has 7 heteroatoms. The van der Waals surface area contributed by atoms with Crippen molar-refractivity contribution in [3.8, 4) is 5.82 Å². The number of aryl methyl sites for hydroxylation is 1.